The zero-order chi connectivity index (χ0) is 14.8. The summed E-state index contributed by atoms with van der Waals surface area (Å²) in [7, 11) is 0. The number of para-hydroxylation sites is 1. The molecule has 1 heterocycles. The highest BCUT2D eigenvalue weighted by Crippen LogP contribution is 2.31. The summed E-state index contributed by atoms with van der Waals surface area (Å²) in [5.74, 6) is 0. The minimum atomic E-state index is 0.703. The van der Waals surface area contributed by atoms with Gasteiger partial charge in [-0.3, -0.25) is 0 Å². The zero-order valence-corrected chi connectivity index (χ0v) is 13.5. The van der Waals surface area contributed by atoms with Crippen LogP contribution in [0.2, 0.25) is 10.0 Å². The Labute approximate surface area is 135 Å². The molecule has 3 rings (SSSR count). The number of fused-ring (bicyclic) bond motifs is 1. The molecule has 1 aliphatic rings. The van der Waals surface area contributed by atoms with Crippen LogP contribution in [0.1, 0.15) is 23.1 Å². The fourth-order valence-corrected chi connectivity index (χ4v) is 3.15. The monoisotopic (exact) mass is 320 g/mol. The van der Waals surface area contributed by atoms with Gasteiger partial charge in [0, 0.05) is 23.8 Å². The number of anilines is 2. The Morgan fingerprint density at radius 3 is 2.90 bits per heavy atom. The highest BCUT2D eigenvalue weighted by Gasteiger charge is 2.12. The van der Waals surface area contributed by atoms with Gasteiger partial charge in [0.05, 0.1) is 10.7 Å². The SMILES string of the molecule is Cc1cc(Cl)c(NCc2cccc3c2NCCC3)cc1Cl. The van der Waals surface area contributed by atoms with E-state index in [2.05, 4.69) is 28.8 Å². The van der Waals surface area contributed by atoms with Gasteiger partial charge in [-0.05, 0) is 48.6 Å². The van der Waals surface area contributed by atoms with Gasteiger partial charge in [0.2, 0.25) is 0 Å². The Balaban J connectivity index is 1.81. The average molecular weight is 321 g/mol. The zero-order valence-electron chi connectivity index (χ0n) is 12.0. The van der Waals surface area contributed by atoms with E-state index in [0.717, 1.165) is 35.8 Å². The second-order valence-electron chi connectivity index (χ2n) is 5.42. The average Bonchev–Trinajstić information content (AvgIpc) is 2.49. The summed E-state index contributed by atoms with van der Waals surface area (Å²) in [5.41, 5.74) is 5.80. The van der Waals surface area contributed by atoms with Crippen LogP contribution in [0.4, 0.5) is 11.4 Å². The molecule has 21 heavy (non-hydrogen) atoms. The van der Waals surface area contributed by atoms with Crippen LogP contribution in [0.25, 0.3) is 0 Å². The van der Waals surface area contributed by atoms with E-state index in [1.807, 2.05) is 19.1 Å². The van der Waals surface area contributed by atoms with Crippen molar-refractivity contribution in [1.29, 1.82) is 0 Å². The van der Waals surface area contributed by atoms with Gasteiger partial charge in [-0.25, -0.2) is 0 Å². The second kappa shape index (κ2) is 6.17. The summed E-state index contributed by atoms with van der Waals surface area (Å²) < 4.78 is 0. The third-order valence-electron chi connectivity index (χ3n) is 3.88. The predicted octanol–water partition coefficient (Wildman–Crippen LogP) is 5.27. The quantitative estimate of drug-likeness (QED) is 0.804. The summed E-state index contributed by atoms with van der Waals surface area (Å²) in [5, 5.41) is 8.33. The summed E-state index contributed by atoms with van der Waals surface area (Å²) in [4.78, 5) is 0. The fraction of sp³-hybridized carbons (Fsp3) is 0.294. The van der Waals surface area contributed by atoms with Crippen molar-refractivity contribution in [3.8, 4) is 0 Å². The molecule has 2 N–H and O–H groups in total. The number of hydrogen-bond acceptors (Lipinski definition) is 2. The van der Waals surface area contributed by atoms with Crippen LogP contribution >= 0.6 is 23.2 Å². The lowest BCUT2D eigenvalue weighted by Crippen LogP contribution is -2.15. The van der Waals surface area contributed by atoms with Gasteiger partial charge in [-0.1, -0.05) is 41.4 Å². The second-order valence-corrected chi connectivity index (χ2v) is 6.23. The molecule has 0 unspecified atom stereocenters. The highest BCUT2D eigenvalue weighted by atomic mass is 35.5. The molecule has 0 bridgehead atoms. The molecule has 0 atom stereocenters. The van der Waals surface area contributed by atoms with E-state index in [-0.39, 0.29) is 0 Å². The van der Waals surface area contributed by atoms with Gasteiger partial charge in [-0.2, -0.15) is 0 Å². The first-order valence-corrected chi connectivity index (χ1v) is 7.95. The lowest BCUT2D eigenvalue weighted by Gasteiger charge is -2.22. The Morgan fingerprint density at radius 2 is 2.05 bits per heavy atom. The maximum atomic E-state index is 6.27. The van der Waals surface area contributed by atoms with E-state index in [0.29, 0.717) is 5.02 Å². The van der Waals surface area contributed by atoms with Gasteiger partial charge in [0.25, 0.3) is 0 Å². The highest BCUT2D eigenvalue weighted by molar-refractivity contribution is 6.35. The Bertz CT molecular complexity index is 668. The molecular weight excluding hydrogens is 303 g/mol. The predicted molar refractivity (Wildman–Crippen MR) is 91.8 cm³/mol. The van der Waals surface area contributed by atoms with Crippen molar-refractivity contribution < 1.29 is 0 Å². The molecule has 0 fully saturated rings. The summed E-state index contributed by atoms with van der Waals surface area (Å²) in [6.45, 7) is 3.73. The maximum Gasteiger partial charge on any atom is 0.0641 e. The molecule has 0 aromatic heterocycles. The van der Waals surface area contributed by atoms with Crippen LogP contribution in [0.3, 0.4) is 0 Å². The number of rotatable bonds is 3. The van der Waals surface area contributed by atoms with Gasteiger partial charge in [0.1, 0.15) is 0 Å². The number of aryl methyl sites for hydroxylation is 2. The Kier molecular flexibility index (Phi) is 4.27. The molecule has 0 saturated carbocycles. The van der Waals surface area contributed by atoms with Gasteiger partial charge in [0.15, 0.2) is 0 Å². The van der Waals surface area contributed by atoms with Gasteiger partial charge >= 0.3 is 0 Å². The molecule has 4 heteroatoms. The molecule has 0 amide bonds. The lowest BCUT2D eigenvalue weighted by atomic mass is 9.99. The van der Waals surface area contributed by atoms with Crippen molar-refractivity contribution in [2.45, 2.75) is 26.3 Å². The van der Waals surface area contributed by atoms with Crippen LogP contribution in [0, 0.1) is 6.92 Å². The lowest BCUT2D eigenvalue weighted by molar-refractivity contribution is 0.825. The topological polar surface area (TPSA) is 24.1 Å². The molecule has 0 radical (unpaired) electrons. The normalized spacial score (nSPS) is 13.5. The molecule has 0 spiro atoms. The van der Waals surface area contributed by atoms with Gasteiger partial charge in [-0.15, -0.1) is 0 Å². The van der Waals surface area contributed by atoms with Crippen molar-refractivity contribution in [3.63, 3.8) is 0 Å². The third-order valence-corrected chi connectivity index (χ3v) is 4.60. The summed E-state index contributed by atoms with van der Waals surface area (Å²) in [6, 6.07) is 10.2. The minimum Gasteiger partial charge on any atom is -0.385 e. The molecule has 0 aliphatic carbocycles. The standard InChI is InChI=1S/C17H18Cl2N2/c1-11-8-15(19)16(9-14(11)18)21-10-13-5-2-4-12-6-3-7-20-17(12)13/h2,4-5,8-9,20-21H,3,6-7,10H2,1H3. The van der Waals surface area contributed by atoms with Crippen LogP contribution in [-0.2, 0) is 13.0 Å². The third kappa shape index (κ3) is 3.12. The number of nitrogens with one attached hydrogen (secondary N) is 2. The van der Waals surface area contributed by atoms with E-state index in [1.54, 1.807) is 0 Å². The first-order valence-electron chi connectivity index (χ1n) is 7.19. The Hall–Kier alpha value is -1.38. The molecule has 2 nitrogen and oxygen atoms in total. The van der Waals surface area contributed by atoms with Gasteiger partial charge < -0.3 is 10.6 Å². The molecule has 1 aliphatic heterocycles. The Morgan fingerprint density at radius 1 is 1.19 bits per heavy atom. The van der Waals surface area contributed by atoms with Crippen molar-refractivity contribution in [2.75, 3.05) is 17.2 Å². The molecular formula is C17H18Cl2N2. The molecule has 110 valence electrons. The number of halogens is 2. The molecule has 0 saturated heterocycles. The van der Waals surface area contributed by atoms with Crippen LogP contribution in [0.5, 0.6) is 0 Å². The van der Waals surface area contributed by atoms with E-state index in [4.69, 9.17) is 23.2 Å². The van der Waals surface area contributed by atoms with Crippen molar-refractivity contribution >= 4 is 34.6 Å². The van der Waals surface area contributed by atoms with Crippen LogP contribution in [-0.4, -0.2) is 6.54 Å². The van der Waals surface area contributed by atoms with E-state index in [9.17, 15) is 0 Å². The fourth-order valence-electron chi connectivity index (χ4n) is 2.70. The summed E-state index contributed by atoms with van der Waals surface area (Å²) in [6.07, 6.45) is 2.34. The largest absolute Gasteiger partial charge is 0.385 e. The van der Waals surface area contributed by atoms with Crippen molar-refractivity contribution in [1.82, 2.24) is 0 Å². The minimum absolute atomic E-state index is 0.703. The van der Waals surface area contributed by atoms with E-state index >= 15 is 0 Å². The van der Waals surface area contributed by atoms with E-state index < -0.39 is 0 Å². The van der Waals surface area contributed by atoms with Crippen molar-refractivity contribution in [2.24, 2.45) is 0 Å². The first kappa shape index (κ1) is 14.6. The van der Waals surface area contributed by atoms with E-state index in [1.165, 1.54) is 23.2 Å². The molecule has 2 aromatic carbocycles. The number of benzene rings is 2. The van der Waals surface area contributed by atoms with Crippen LogP contribution in [0.15, 0.2) is 30.3 Å². The van der Waals surface area contributed by atoms with Crippen molar-refractivity contribution in [3.05, 3.63) is 57.1 Å². The molecule has 2 aromatic rings. The van der Waals surface area contributed by atoms with Crippen LogP contribution < -0.4 is 10.6 Å². The number of hydrogen-bond donors (Lipinski definition) is 2. The first-order chi connectivity index (χ1) is 10.1. The summed E-state index contributed by atoms with van der Waals surface area (Å²) >= 11 is 12.4. The maximum absolute atomic E-state index is 6.27. The smallest absolute Gasteiger partial charge is 0.0641 e.